The van der Waals surface area contributed by atoms with Crippen LogP contribution < -0.4 is 10.1 Å². The van der Waals surface area contributed by atoms with E-state index >= 15 is 0 Å². The van der Waals surface area contributed by atoms with Crippen molar-refractivity contribution in [1.29, 1.82) is 0 Å². The molecular weight excluding hydrogens is 316 g/mol. The lowest BCUT2D eigenvalue weighted by Crippen LogP contribution is -2.44. The van der Waals surface area contributed by atoms with E-state index in [0.717, 1.165) is 19.3 Å². The predicted molar refractivity (Wildman–Crippen MR) is 89.9 cm³/mol. The minimum atomic E-state index is -0.156. The Balaban J connectivity index is 2.18. The molecule has 0 saturated carbocycles. The van der Waals surface area contributed by atoms with Gasteiger partial charge in [-0.25, -0.2) is 0 Å². The van der Waals surface area contributed by atoms with Gasteiger partial charge in [0.15, 0.2) is 0 Å². The largest absolute Gasteiger partial charge is 0.493 e. The van der Waals surface area contributed by atoms with Crippen LogP contribution >= 0.6 is 11.6 Å². The highest BCUT2D eigenvalue weighted by molar-refractivity contribution is 6.31. The molecule has 1 heterocycles. The van der Waals surface area contributed by atoms with Gasteiger partial charge in [-0.15, -0.1) is 0 Å². The summed E-state index contributed by atoms with van der Waals surface area (Å²) in [5.41, 5.74) is 0.462. The lowest BCUT2D eigenvalue weighted by Gasteiger charge is -2.32. The summed E-state index contributed by atoms with van der Waals surface area (Å²) < 4.78 is 5.66. The zero-order valence-corrected chi connectivity index (χ0v) is 14.4. The van der Waals surface area contributed by atoms with Crippen molar-refractivity contribution in [3.63, 3.8) is 0 Å². The van der Waals surface area contributed by atoms with Gasteiger partial charge in [0, 0.05) is 25.2 Å². The summed E-state index contributed by atoms with van der Waals surface area (Å²) in [5.74, 6) is 0.239. The second kappa shape index (κ2) is 8.20. The summed E-state index contributed by atoms with van der Waals surface area (Å²) in [6.45, 7) is 3.63. The van der Waals surface area contributed by atoms with E-state index in [9.17, 15) is 9.59 Å². The van der Waals surface area contributed by atoms with Crippen molar-refractivity contribution in [3.8, 4) is 5.75 Å². The molecule has 5 nitrogen and oxygen atoms in total. The summed E-state index contributed by atoms with van der Waals surface area (Å²) in [6, 6.07) is 5.08. The fraction of sp³-hybridized carbons (Fsp3) is 0.529. The monoisotopic (exact) mass is 338 g/mol. The fourth-order valence-electron chi connectivity index (χ4n) is 2.76. The Morgan fingerprint density at radius 2 is 2.22 bits per heavy atom. The third kappa shape index (κ3) is 4.38. The molecule has 0 unspecified atom stereocenters. The molecule has 1 aliphatic rings. The van der Waals surface area contributed by atoms with Gasteiger partial charge in [-0.2, -0.15) is 0 Å². The molecule has 0 bridgehead atoms. The van der Waals surface area contributed by atoms with Crippen molar-refractivity contribution in [3.05, 3.63) is 28.8 Å². The molecule has 1 aromatic carbocycles. The van der Waals surface area contributed by atoms with Crippen molar-refractivity contribution in [2.24, 2.45) is 5.92 Å². The summed E-state index contributed by atoms with van der Waals surface area (Å²) in [4.78, 5) is 26.4. The van der Waals surface area contributed by atoms with Gasteiger partial charge < -0.3 is 15.0 Å². The molecule has 2 rings (SSSR count). The first-order valence-electron chi connectivity index (χ1n) is 8.00. The Hall–Kier alpha value is -1.75. The summed E-state index contributed by atoms with van der Waals surface area (Å²) in [6.07, 6.45) is 2.48. The van der Waals surface area contributed by atoms with Crippen LogP contribution in [0.15, 0.2) is 18.2 Å². The Morgan fingerprint density at radius 1 is 1.43 bits per heavy atom. The second-order valence-electron chi connectivity index (χ2n) is 5.69. The molecule has 0 radical (unpaired) electrons. The van der Waals surface area contributed by atoms with Crippen LogP contribution in [0.4, 0.5) is 0 Å². The van der Waals surface area contributed by atoms with Crippen molar-refractivity contribution in [2.75, 3.05) is 26.7 Å². The number of amides is 2. The number of carbonyl (C=O) groups excluding carboxylic acids is 2. The standard InChI is InChI=1S/C17H23ClN2O3/c1-3-9-23-15-7-6-13(18)10-14(15)17(22)20-8-4-5-12(11-20)16(21)19-2/h6-7,10,12H,3-5,8-9,11H2,1-2H3,(H,19,21)/t12-/m1/s1. The quantitative estimate of drug-likeness (QED) is 0.898. The highest BCUT2D eigenvalue weighted by atomic mass is 35.5. The molecule has 1 fully saturated rings. The van der Waals surface area contributed by atoms with Gasteiger partial charge in [-0.3, -0.25) is 9.59 Å². The maximum atomic E-state index is 12.8. The zero-order chi connectivity index (χ0) is 16.8. The number of likely N-dealkylation sites (tertiary alicyclic amines) is 1. The van der Waals surface area contributed by atoms with Crippen LogP contribution in [-0.4, -0.2) is 43.5 Å². The predicted octanol–water partition coefficient (Wildman–Crippen LogP) is 2.73. The summed E-state index contributed by atoms with van der Waals surface area (Å²) in [5, 5.41) is 3.16. The molecule has 1 aliphatic heterocycles. The van der Waals surface area contributed by atoms with Crippen molar-refractivity contribution >= 4 is 23.4 Å². The minimum Gasteiger partial charge on any atom is -0.493 e. The normalized spacial score (nSPS) is 17.7. The molecule has 0 aromatic heterocycles. The van der Waals surface area contributed by atoms with E-state index in [-0.39, 0.29) is 17.7 Å². The molecule has 1 saturated heterocycles. The first-order chi connectivity index (χ1) is 11.1. The maximum Gasteiger partial charge on any atom is 0.257 e. The lowest BCUT2D eigenvalue weighted by atomic mass is 9.96. The number of benzene rings is 1. The molecule has 2 amide bonds. The average molecular weight is 339 g/mol. The summed E-state index contributed by atoms with van der Waals surface area (Å²) in [7, 11) is 1.62. The van der Waals surface area contributed by atoms with Crippen LogP contribution in [0.25, 0.3) is 0 Å². The van der Waals surface area contributed by atoms with E-state index < -0.39 is 0 Å². The molecular formula is C17H23ClN2O3. The first kappa shape index (κ1) is 17.6. The molecule has 126 valence electrons. The van der Waals surface area contributed by atoms with Gasteiger partial charge in [0.1, 0.15) is 5.75 Å². The summed E-state index contributed by atoms with van der Waals surface area (Å²) >= 11 is 6.05. The average Bonchev–Trinajstić information content (AvgIpc) is 2.59. The van der Waals surface area contributed by atoms with E-state index in [1.165, 1.54) is 0 Å². The van der Waals surface area contributed by atoms with E-state index in [1.807, 2.05) is 6.92 Å². The number of halogens is 1. The topological polar surface area (TPSA) is 58.6 Å². The van der Waals surface area contributed by atoms with Crippen LogP contribution in [0.1, 0.15) is 36.5 Å². The van der Waals surface area contributed by atoms with Crippen LogP contribution in [0.5, 0.6) is 5.75 Å². The highest BCUT2D eigenvalue weighted by Crippen LogP contribution is 2.27. The van der Waals surface area contributed by atoms with Gasteiger partial charge in [0.05, 0.1) is 18.1 Å². The van der Waals surface area contributed by atoms with E-state index in [2.05, 4.69) is 5.32 Å². The van der Waals surface area contributed by atoms with Gasteiger partial charge in [-0.05, 0) is 37.5 Å². The van der Waals surface area contributed by atoms with E-state index in [4.69, 9.17) is 16.3 Å². The smallest absolute Gasteiger partial charge is 0.257 e. The molecule has 6 heteroatoms. The van der Waals surface area contributed by atoms with Crippen LogP contribution in [-0.2, 0) is 4.79 Å². The molecule has 0 aliphatic carbocycles. The number of hydrogen-bond donors (Lipinski definition) is 1. The Kier molecular flexibility index (Phi) is 6.28. The van der Waals surface area contributed by atoms with Crippen molar-refractivity contribution in [1.82, 2.24) is 10.2 Å². The highest BCUT2D eigenvalue weighted by Gasteiger charge is 2.29. The molecule has 23 heavy (non-hydrogen) atoms. The van der Waals surface area contributed by atoms with Gasteiger partial charge >= 0.3 is 0 Å². The fourth-order valence-corrected chi connectivity index (χ4v) is 2.93. The van der Waals surface area contributed by atoms with Crippen LogP contribution in [0, 0.1) is 5.92 Å². The Morgan fingerprint density at radius 3 is 2.91 bits per heavy atom. The van der Waals surface area contributed by atoms with Crippen LogP contribution in [0.2, 0.25) is 5.02 Å². The Bertz CT molecular complexity index is 577. The molecule has 0 spiro atoms. The van der Waals surface area contributed by atoms with E-state index in [1.54, 1.807) is 30.1 Å². The van der Waals surface area contributed by atoms with Gasteiger partial charge in [0.2, 0.25) is 5.91 Å². The minimum absolute atomic E-state index is 0.0175. The van der Waals surface area contributed by atoms with Crippen molar-refractivity contribution in [2.45, 2.75) is 26.2 Å². The first-order valence-corrected chi connectivity index (χ1v) is 8.37. The number of piperidine rings is 1. The number of carbonyl (C=O) groups is 2. The maximum absolute atomic E-state index is 12.8. The Labute approximate surface area is 141 Å². The third-order valence-corrected chi connectivity index (χ3v) is 4.19. The van der Waals surface area contributed by atoms with Crippen molar-refractivity contribution < 1.29 is 14.3 Å². The van der Waals surface area contributed by atoms with E-state index in [0.29, 0.717) is 36.0 Å². The third-order valence-electron chi connectivity index (χ3n) is 3.96. The second-order valence-corrected chi connectivity index (χ2v) is 6.13. The zero-order valence-electron chi connectivity index (χ0n) is 13.6. The molecule has 1 atom stereocenters. The van der Waals surface area contributed by atoms with Gasteiger partial charge in [-0.1, -0.05) is 18.5 Å². The number of nitrogens with zero attached hydrogens (tertiary/aromatic N) is 1. The van der Waals surface area contributed by atoms with Crippen LogP contribution in [0.3, 0.4) is 0 Å². The lowest BCUT2D eigenvalue weighted by molar-refractivity contribution is -0.125. The molecule has 1 aromatic rings. The number of ether oxygens (including phenoxy) is 1. The number of nitrogens with one attached hydrogen (secondary N) is 1. The van der Waals surface area contributed by atoms with Gasteiger partial charge in [0.25, 0.3) is 5.91 Å². The molecule has 1 N–H and O–H groups in total. The SMILES string of the molecule is CCCOc1ccc(Cl)cc1C(=O)N1CCC[C@@H](C(=O)NC)C1. The number of rotatable bonds is 5. The number of hydrogen-bond acceptors (Lipinski definition) is 3.